The number of amides is 2. The lowest BCUT2D eigenvalue weighted by Gasteiger charge is -2.22. The molecule has 0 radical (unpaired) electrons. The zero-order valence-electron chi connectivity index (χ0n) is 15.7. The van der Waals surface area contributed by atoms with Crippen molar-refractivity contribution in [2.45, 2.75) is 26.2 Å². The number of carbonyl (C=O) groups is 2. The molecule has 3 rings (SSSR count). The molecule has 1 aliphatic rings. The van der Waals surface area contributed by atoms with Crippen molar-refractivity contribution in [2.24, 2.45) is 0 Å². The molecule has 0 spiro atoms. The second-order valence-corrected chi connectivity index (χ2v) is 7.08. The highest BCUT2D eigenvalue weighted by atomic mass is 19.1. The number of nitrogens with zero attached hydrogens (tertiary/aromatic N) is 2. The van der Waals surface area contributed by atoms with Gasteiger partial charge in [0.1, 0.15) is 5.82 Å². The van der Waals surface area contributed by atoms with Crippen molar-refractivity contribution in [3.05, 3.63) is 71.0 Å². The fraction of sp³-hybridized carbons (Fsp3) is 0.364. The minimum atomic E-state index is -0.330. The Morgan fingerprint density at radius 3 is 2.04 bits per heavy atom. The van der Waals surface area contributed by atoms with Gasteiger partial charge in [-0.25, -0.2) is 4.39 Å². The normalized spacial score (nSPS) is 14.7. The van der Waals surface area contributed by atoms with Crippen LogP contribution in [0, 0.1) is 12.7 Å². The predicted octanol–water partition coefficient (Wildman–Crippen LogP) is 2.98. The number of hydrogen-bond acceptors (Lipinski definition) is 2. The molecule has 0 aromatic heterocycles. The number of aryl methyl sites for hydroxylation is 1. The zero-order valence-corrected chi connectivity index (χ0v) is 15.7. The maximum absolute atomic E-state index is 13.3. The van der Waals surface area contributed by atoms with Crippen LogP contribution in [-0.2, 0) is 22.4 Å². The lowest BCUT2D eigenvalue weighted by molar-refractivity contribution is -0.132. The molecule has 1 saturated heterocycles. The van der Waals surface area contributed by atoms with Crippen LogP contribution in [0.3, 0.4) is 0 Å². The predicted molar refractivity (Wildman–Crippen MR) is 103 cm³/mol. The second-order valence-electron chi connectivity index (χ2n) is 7.08. The highest BCUT2D eigenvalue weighted by molar-refractivity contribution is 5.80. The molecule has 0 saturated carbocycles. The molecular weight excluding hydrogens is 343 g/mol. The first-order valence-corrected chi connectivity index (χ1v) is 9.37. The van der Waals surface area contributed by atoms with Gasteiger partial charge in [-0.05, 0) is 36.6 Å². The van der Waals surface area contributed by atoms with Crippen LogP contribution in [0.25, 0.3) is 0 Å². The third-order valence-corrected chi connectivity index (χ3v) is 4.92. The van der Waals surface area contributed by atoms with Crippen molar-refractivity contribution in [3.8, 4) is 0 Å². The van der Waals surface area contributed by atoms with E-state index in [1.54, 1.807) is 17.0 Å². The second kappa shape index (κ2) is 8.80. The Labute approximate surface area is 159 Å². The molecule has 4 nitrogen and oxygen atoms in total. The van der Waals surface area contributed by atoms with Gasteiger partial charge in [0, 0.05) is 26.2 Å². The number of rotatable bonds is 4. The van der Waals surface area contributed by atoms with Gasteiger partial charge in [-0.1, -0.05) is 42.0 Å². The summed E-state index contributed by atoms with van der Waals surface area (Å²) < 4.78 is 13.3. The van der Waals surface area contributed by atoms with Crippen molar-refractivity contribution in [1.82, 2.24) is 9.80 Å². The molecule has 0 aliphatic carbocycles. The van der Waals surface area contributed by atoms with E-state index in [9.17, 15) is 14.0 Å². The average Bonchev–Trinajstić information content (AvgIpc) is 2.90. The average molecular weight is 368 g/mol. The van der Waals surface area contributed by atoms with Gasteiger partial charge >= 0.3 is 0 Å². The molecule has 2 aromatic rings. The lowest BCUT2D eigenvalue weighted by Crippen LogP contribution is -2.38. The van der Waals surface area contributed by atoms with Crippen molar-refractivity contribution >= 4 is 11.8 Å². The van der Waals surface area contributed by atoms with E-state index in [0.717, 1.165) is 12.0 Å². The third kappa shape index (κ3) is 5.39. The summed E-state index contributed by atoms with van der Waals surface area (Å²) in [7, 11) is 0. The van der Waals surface area contributed by atoms with Gasteiger partial charge in [-0.15, -0.1) is 0 Å². The molecule has 0 unspecified atom stereocenters. The van der Waals surface area contributed by atoms with Crippen LogP contribution in [0.4, 0.5) is 4.39 Å². The van der Waals surface area contributed by atoms with E-state index in [-0.39, 0.29) is 24.1 Å². The first kappa shape index (κ1) is 19.1. The SMILES string of the molecule is Cc1ccc(CC(=O)N2CCCN(C(=O)Cc3cccc(F)c3)CC2)cc1. The van der Waals surface area contributed by atoms with Gasteiger partial charge in [0.2, 0.25) is 11.8 Å². The van der Waals surface area contributed by atoms with Crippen molar-refractivity contribution in [1.29, 1.82) is 0 Å². The van der Waals surface area contributed by atoms with Gasteiger partial charge in [0.05, 0.1) is 12.8 Å². The zero-order chi connectivity index (χ0) is 19.2. The van der Waals surface area contributed by atoms with Crippen LogP contribution < -0.4 is 0 Å². The Balaban J connectivity index is 1.54. The Hall–Kier alpha value is -2.69. The smallest absolute Gasteiger partial charge is 0.227 e. The maximum Gasteiger partial charge on any atom is 0.227 e. The van der Waals surface area contributed by atoms with E-state index in [2.05, 4.69) is 0 Å². The van der Waals surface area contributed by atoms with Crippen molar-refractivity contribution in [2.75, 3.05) is 26.2 Å². The summed E-state index contributed by atoms with van der Waals surface area (Å²) >= 11 is 0. The van der Waals surface area contributed by atoms with Gasteiger partial charge in [0.25, 0.3) is 0 Å². The number of hydrogen-bond donors (Lipinski definition) is 0. The summed E-state index contributed by atoms with van der Waals surface area (Å²) in [6.07, 6.45) is 1.33. The topological polar surface area (TPSA) is 40.6 Å². The molecule has 0 N–H and O–H groups in total. The molecule has 0 bridgehead atoms. The molecule has 0 atom stereocenters. The highest BCUT2D eigenvalue weighted by Crippen LogP contribution is 2.11. The van der Waals surface area contributed by atoms with E-state index in [1.165, 1.54) is 17.7 Å². The largest absolute Gasteiger partial charge is 0.341 e. The molecule has 142 valence electrons. The van der Waals surface area contributed by atoms with Crippen molar-refractivity contribution in [3.63, 3.8) is 0 Å². The minimum absolute atomic E-state index is 0.0200. The molecule has 1 aliphatic heterocycles. The highest BCUT2D eigenvalue weighted by Gasteiger charge is 2.22. The van der Waals surface area contributed by atoms with Crippen LogP contribution in [0.15, 0.2) is 48.5 Å². The lowest BCUT2D eigenvalue weighted by atomic mass is 10.1. The Bertz CT molecular complexity index is 804. The van der Waals surface area contributed by atoms with Gasteiger partial charge in [-0.2, -0.15) is 0 Å². The molecule has 1 heterocycles. The minimum Gasteiger partial charge on any atom is -0.341 e. The summed E-state index contributed by atoms with van der Waals surface area (Å²) in [5.41, 5.74) is 2.86. The van der Waals surface area contributed by atoms with E-state index in [4.69, 9.17) is 0 Å². The van der Waals surface area contributed by atoms with E-state index in [0.29, 0.717) is 38.2 Å². The summed E-state index contributed by atoms with van der Waals surface area (Å²) in [6, 6.07) is 14.1. The Morgan fingerprint density at radius 2 is 1.44 bits per heavy atom. The summed E-state index contributed by atoms with van der Waals surface area (Å²) in [6.45, 7) is 4.38. The van der Waals surface area contributed by atoms with Crippen LogP contribution >= 0.6 is 0 Å². The molecule has 5 heteroatoms. The first-order valence-electron chi connectivity index (χ1n) is 9.37. The van der Waals surface area contributed by atoms with E-state index in [1.807, 2.05) is 36.1 Å². The Kier molecular flexibility index (Phi) is 6.22. The number of halogens is 1. The summed E-state index contributed by atoms with van der Waals surface area (Å²) in [5.74, 6) is -0.254. The molecule has 27 heavy (non-hydrogen) atoms. The van der Waals surface area contributed by atoms with Crippen LogP contribution in [-0.4, -0.2) is 47.8 Å². The van der Waals surface area contributed by atoms with E-state index < -0.39 is 0 Å². The monoisotopic (exact) mass is 368 g/mol. The van der Waals surface area contributed by atoms with Gasteiger partial charge < -0.3 is 9.80 Å². The molecule has 2 amide bonds. The first-order chi connectivity index (χ1) is 13.0. The summed E-state index contributed by atoms with van der Waals surface area (Å²) in [4.78, 5) is 28.7. The number of benzene rings is 2. The van der Waals surface area contributed by atoms with E-state index >= 15 is 0 Å². The van der Waals surface area contributed by atoms with Crippen LogP contribution in [0.2, 0.25) is 0 Å². The van der Waals surface area contributed by atoms with Crippen LogP contribution in [0.1, 0.15) is 23.1 Å². The van der Waals surface area contributed by atoms with Crippen LogP contribution in [0.5, 0.6) is 0 Å². The molecule has 2 aromatic carbocycles. The van der Waals surface area contributed by atoms with Gasteiger partial charge in [-0.3, -0.25) is 9.59 Å². The maximum atomic E-state index is 13.3. The standard InChI is InChI=1S/C22H25FN2O2/c1-17-6-8-18(9-7-17)15-21(26)24-10-3-11-25(13-12-24)22(27)16-19-4-2-5-20(23)14-19/h2,4-9,14H,3,10-13,15-16H2,1H3. The molecular formula is C22H25FN2O2. The van der Waals surface area contributed by atoms with Crippen molar-refractivity contribution < 1.29 is 14.0 Å². The fourth-order valence-corrected chi connectivity index (χ4v) is 3.34. The molecule has 1 fully saturated rings. The quantitative estimate of drug-likeness (QED) is 0.832. The summed E-state index contributed by atoms with van der Waals surface area (Å²) in [5, 5.41) is 0. The Morgan fingerprint density at radius 1 is 0.852 bits per heavy atom. The number of carbonyl (C=O) groups excluding carboxylic acids is 2. The third-order valence-electron chi connectivity index (χ3n) is 4.92. The fourth-order valence-electron chi connectivity index (χ4n) is 3.34. The van der Waals surface area contributed by atoms with Gasteiger partial charge in [0.15, 0.2) is 0 Å².